The van der Waals surface area contributed by atoms with Gasteiger partial charge in [0.1, 0.15) is 11.6 Å². The van der Waals surface area contributed by atoms with Crippen LogP contribution in [-0.2, 0) is 9.53 Å². The molecule has 20 heavy (non-hydrogen) atoms. The molecule has 0 saturated heterocycles. The number of rotatable bonds is 3. The van der Waals surface area contributed by atoms with Gasteiger partial charge in [0.05, 0.1) is 0 Å². The van der Waals surface area contributed by atoms with Gasteiger partial charge in [-0.3, -0.25) is 4.90 Å². The molecular weight excluding hydrogens is 258 g/mol. The summed E-state index contributed by atoms with van der Waals surface area (Å²) in [5, 5.41) is 9.30. The first-order valence-electron chi connectivity index (χ1n) is 7.32. The zero-order chi connectivity index (χ0) is 15.6. The highest BCUT2D eigenvalue weighted by Gasteiger charge is 2.43. The number of carbonyl (C=O) groups excluding carboxylic acids is 1. The second-order valence-corrected chi connectivity index (χ2v) is 6.92. The maximum atomic E-state index is 12.4. The summed E-state index contributed by atoms with van der Waals surface area (Å²) in [5.41, 5.74) is -1.06. The van der Waals surface area contributed by atoms with Gasteiger partial charge < -0.3 is 9.84 Å². The smallest absolute Gasteiger partial charge is 0.411 e. The van der Waals surface area contributed by atoms with Gasteiger partial charge in [0.25, 0.3) is 0 Å². The van der Waals surface area contributed by atoms with Crippen LogP contribution in [0.25, 0.3) is 0 Å². The Labute approximate surface area is 121 Å². The summed E-state index contributed by atoms with van der Waals surface area (Å²) in [7, 11) is 0. The Morgan fingerprint density at radius 1 is 1.20 bits per heavy atom. The molecule has 0 spiro atoms. The number of aliphatic carboxylic acids is 1. The molecule has 5 heteroatoms. The number of carboxylic acid groups (broad SMARTS) is 1. The zero-order valence-corrected chi connectivity index (χ0v) is 13.2. The van der Waals surface area contributed by atoms with Crippen molar-refractivity contribution in [3.63, 3.8) is 0 Å². The number of carbonyl (C=O) groups is 2. The minimum absolute atomic E-state index is 0.432. The van der Waals surface area contributed by atoms with E-state index in [0.29, 0.717) is 0 Å². The number of hydrogen-bond acceptors (Lipinski definition) is 3. The predicted molar refractivity (Wildman–Crippen MR) is 76.7 cm³/mol. The van der Waals surface area contributed by atoms with E-state index in [1.165, 1.54) is 4.90 Å². The van der Waals surface area contributed by atoms with Crippen molar-refractivity contribution in [3.8, 4) is 0 Å². The van der Waals surface area contributed by atoms with Crippen molar-refractivity contribution < 1.29 is 19.4 Å². The summed E-state index contributed by atoms with van der Waals surface area (Å²) < 4.78 is 5.41. The zero-order valence-electron chi connectivity index (χ0n) is 13.2. The Bertz CT molecular complexity index is 367. The summed E-state index contributed by atoms with van der Waals surface area (Å²) in [6, 6.07) is -0.882. The van der Waals surface area contributed by atoms with Crippen LogP contribution in [0.1, 0.15) is 66.7 Å². The summed E-state index contributed by atoms with van der Waals surface area (Å²) in [6.07, 6.45) is 4.29. The van der Waals surface area contributed by atoms with Crippen LogP contribution in [0.3, 0.4) is 0 Å². The molecule has 1 amide bonds. The number of hydrogen-bond donors (Lipinski definition) is 1. The highest BCUT2D eigenvalue weighted by molar-refractivity contribution is 5.80. The molecule has 0 aromatic rings. The van der Waals surface area contributed by atoms with E-state index in [1.54, 1.807) is 27.7 Å². The summed E-state index contributed by atoms with van der Waals surface area (Å²) in [6.45, 7) is 8.88. The molecule has 1 aliphatic rings. The molecule has 1 atom stereocenters. The average molecular weight is 285 g/mol. The lowest BCUT2D eigenvalue weighted by Gasteiger charge is -2.45. The van der Waals surface area contributed by atoms with Gasteiger partial charge in [-0.05, 0) is 47.5 Å². The third-order valence-corrected chi connectivity index (χ3v) is 3.85. The molecule has 1 N–H and O–H groups in total. The predicted octanol–water partition coefficient (Wildman–Crippen LogP) is 3.42. The van der Waals surface area contributed by atoms with Gasteiger partial charge in [-0.15, -0.1) is 0 Å². The van der Waals surface area contributed by atoms with E-state index in [9.17, 15) is 14.7 Å². The van der Waals surface area contributed by atoms with E-state index in [0.717, 1.165) is 32.1 Å². The Morgan fingerprint density at radius 3 is 2.10 bits per heavy atom. The van der Waals surface area contributed by atoms with Crippen molar-refractivity contribution in [2.75, 3.05) is 0 Å². The topological polar surface area (TPSA) is 66.8 Å². The molecule has 0 unspecified atom stereocenters. The lowest BCUT2D eigenvalue weighted by Crippen LogP contribution is -2.58. The monoisotopic (exact) mass is 285 g/mol. The molecule has 116 valence electrons. The van der Waals surface area contributed by atoms with Crippen LogP contribution in [0.5, 0.6) is 0 Å². The third kappa shape index (κ3) is 4.12. The van der Waals surface area contributed by atoms with Gasteiger partial charge in [0.15, 0.2) is 0 Å². The van der Waals surface area contributed by atoms with Gasteiger partial charge in [0, 0.05) is 5.54 Å². The Kier molecular flexibility index (Phi) is 5.05. The molecule has 1 rings (SSSR count). The second kappa shape index (κ2) is 6.02. The van der Waals surface area contributed by atoms with Gasteiger partial charge in [-0.25, -0.2) is 9.59 Å². The number of ether oxygens (including phenoxy) is 1. The minimum Gasteiger partial charge on any atom is -0.480 e. The Hall–Kier alpha value is -1.26. The molecule has 0 heterocycles. The maximum Gasteiger partial charge on any atom is 0.411 e. The molecular formula is C15H27NO4. The van der Waals surface area contributed by atoms with Crippen LogP contribution < -0.4 is 0 Å². The lowest BCUT2D eigenvalue weighted by molar-refractivity contribution is -0.145. The first kappa shape index (κ1) is 16.8. The molecule has 1 saturated carbocycles. The highest BCUT2D eigenvalue weighted by Crippen LogP contribution is 2.35. The third-order valence-electron chi connectivity index (χ3n) is 3.85. The minimum atomic E-state index is -0.998. The first-order valence-corrected chi connectivity index (χ1v) is 7.32. The summed E-state index contributed by atoms with van der Waals surface area (Å²) >= 11 is 0. The lowest BCUT2D eigenvalue weighted by atomic mass is 9.81. The second-order valence-electron chi connectivity index (χ2n) is 6.92. The molecule has 5 nitrogen and oxygen atoms in total. The number of amides is 1. The maximum absolute atomic E-state index is 12.4. The number of carboxylic acids is 1. The van der Waals surface area contributed by atoms with E-state index in [-0.39, 0.29) is 0 Å². The van der Waals surface area contributed by atoms with Crippen LogP contribution >= 0.6 is 0 Å². The highest BCUT2D eigenvalue weighted by atomic mass is 16.6. The average Bonchev–Trinajstić information content (AvgIpc) is 2.26. The van der Waals surface area contributed by atoms with E-state index in [2.05, 4.69) is 0 Å². The van der Waals surface area contributed by atoms with Crippen LogP contribution in [0.2, 0.25) is 0 Å². The first-order chi connectivity index (χ1) is 9.07. The van der Waals surface area contributed by atoms with Crippen LogP contribution in [0, 0.1) is 0 Å². The van der Waals surface area contributed by atoms with Gasteiger partial charge >= 0.3 is 12.1 Å². The number of nitrogens with zero attached hydrogens (tertiary/aromatic N) is 1. The van der Waals surface area contributed by atoms with Gasteiger partial charge in [-0.2, -0.15) is 0 Å². The summed E-state index contributed by atoms with van der Waals surface area (Å²) in [5.74, 6) is -0.998. The molecule has 1 aliphatic carbocycles. The van der Waals surface area contributed by atoms with Crippen LogP contribution in [-0.4, -0.2) is 39.3 Å². The van der Waals surface area contributed by atoms with Gasteiger partial charge in [0.2, 0.25) is 0 Å². The van der Waals surface area contributed by atoms with Crippen LogP contribution in [0.15, 0.2) is 0 Å². The Morgan fingerprint density at radius 2 is 1.70 bits per heavy atom. The largest absolute Gasteiger partial charge is 0.480 e. The normalized spacial score (nSPS) is 20.1. The standard InChI is InChI=1S/C15H27NO4/c1-11(12(17)18)16(13(19)20-14(2,3)4)15(5)9-7-6-8-10-15/h11H,6-10H2,1-5H3,(H,17,18)/t11-/m0/s1. The van der Waals surface area contributed by atoms with Crippen molar-refractivity contribution in [3.05, 3.63) is 0 Å². The molecule has 1 fully saturated rings. The fourth-order valence-corrected chi connectivity index (χ4v) is 2.82. The molecule has 0 aliphatic heterocycles. The fourth-order valence-electron chi connectivity index (χ4n) is 2.82. The molecule has 0 bridgehead atoms. The van der Waals surface area contributed by atoms with Crippen molar-refractivity contribution >= 4 is 12.1 Å². The van der Waals surface area contributed by atoms with E-state index >= 15 is 0 Å². The van der Waals surface area contributed by atoms with E-state index < -0.39 is 29.2 Å². The van der Waals surface area contributed by atoms with Crippen molar-refractivity contribution in [1.29, 1.82) is 0 Å². The SMILES string of the molecule is C[C@@H](C(=O)O)N(C(=O)OC(C)(C)C)C1(C)CCCCC1. The molecule has 0 aromatic heterocycles. The van der Waals surface area contributed by atoms with E-state index in [4.69, 9.17) is 4.74 Å². The van der Waals surface area contributed by atoms with Crippen LogP contribution in [0.4, 0.5) is 4.79 Å². The Balaban J connectivity index is 3.01. The van der Waals surface area contributed by atoms with Gasteiger partial charge in [-0.1, -0.05) is 19.3 Å². The van der Waals surface area contributed by atoms with Crippen molar-refractivity contribution in [1.82, 2.24) is 4.90 Å². The van der Waals surface area contributed by atoms with Crippen molar-refractivity contribution in [2.45, 2.75) is 83.9 Å². The quantitative estimate of drug-likeness (QED) is 0.862. The van der Waals surface area contributed by atoms with E-state index in [1.807, 2.05) is 6.92 Å². The molecule has 0 aromatic carbocycles. The fraction of sp³-hybridized carbons (Fsp3) is 0.867. The van der Waals surface area contributed by atoms with Crippen molar-refractivity contribution in [2.24, 2.45) is 0 Å². The summed E-state index contributed by atoms with van der Waals surface area (Å²) in [4.78, 5) is 25.2. The molecule has 0 radical (unpaired) electrons.